The molecule has 1 atom stereocenters. The fraction of sp³-hybridized carbons (Fsp3) is 0.529. The van der Waals surface area contributed by atoms with Crippen molar-refractivity contribution in [3.8, 4) is 0 Å². The lowest BCUT2D eigenvalue weighted by Gasteiger charge is -2.35. The zero-order valence-electron chi connectivity index (χ0n) is 14.2. The summed E-state index contributed by atoms with van der Waals surface area (Å²) in [5.74, 6) is -0.146. The first-order valence-electron chi connectivity index (χ1n) is 8.15. The van der Waals surface area contributed by atoms with Crippen LogP contribution < -0.4 is 10.6 Å². The van der Waals surface area contributed by atoms with Crippen molar-refractivity contribution in [2.45, 2.75) is 25.7 Å². The summed E-state index contributed by atoms with van der Waals surface area (Å²) in [6.45, 7) is 4.21. The number of benzene rings is 1. The van der Waals surface area contributed by atoms with E-state index in [-0.39, 0.29) is 11.9 Å². The van der Waals surface area contributed by atoms with Gasteiger partial charge in [-0.3, -0.25) is 4.79 Å². The van der Waals surface area contributed by atoms with Crippen molar-refractivity contribution >= 4 is 23.4 Å². The Hall–Kier alpha value is -2.44. The van der Waals surface area contributed by atoms with Crippen molar-refractivity contribution in [2.75, 3.05) is 43.9 Å². The molecule has 24 heavy (non-hydrogen) atoms. The third-order valence-electron chi connectivity index (χ3n) is 4.55. The molecule has 1 aliphatic heterocycles. The molecule has 2 rings (SSSR count). The summed E-state index contributed by atoms with van der Waals surface area (Å²) in [4.78, 5) is 26.0. The second kappa shape index (κ2) is 7.90. The maximum Gasteiger partial charge on any atom is 0.407 e. The summed E-state index contributed by atoms with van der Waals surface area (Å²) >= 11 is 0. The third kappa shape index (κ3) is 4.10. The summed E-state index contributed by atoms with van der Waals surface area (Å²) in [7, 11) is 1.39. The van der Waals surface area contributed by atoms with Crippen molar-refractivity contribution in [2.24, 2.45) is 0 Å². The number of hydrogen-bond donors (Lipinski definition) is 2. The predicted molar refractivity (Wildman–Crippen MR) is 92.3 cm³/mol. The second-order valence-corrected chi connectivity index (χ2v) is 5.96. The van der Waals surface area contributed by atoms with Crippen LogP contribution >= 0.6 is 0 Å². The van der Waals surface area contributed by atoms with Gasteiger partial charge >= 0.3 is 12.1 Å². The summed E-state index contributed by atoms with van der Waals surface area (Å²) in [5.41, 5.74) is 8.80. The van der Waals surface area contributed by atoms with Crippen LogP contribution in [0.5, 0.6) is 0 Å². The van der Waals surface area contributed by atoms with Crippen molar-refractivity contribution in [3.63, 3.8) is 0 Å². The van der Waals surface area contributed by atoms with Crippen molar-refractivity contribution in [1.82, 2.24) is 4.90 Å². The maximum absolute atomic E-state index is 11.5. The molecule has 0 spiro atoms. The molecule has 0 saturated carbocycles. The monoisotopic (exact) mass is 335 g/mol. The van der Waals surface area contributed by atoms with Crippen LogP contribution in [-0.4, -0.2) is 55.4 Å². The molecule has 1 amide bonds. The number of carbonyl (C=O) groups excluding carboxylic acids is 1. The number of ether oxygens (including phenoxy) is 1. The van der Waals surface area contributed by atoms with E-state index in [0.29, 0.717) is 38.3 Å². The summed E-state index contributed by atoms with van der Waals surface area (Å²) in [6, 6.07) is 5.86. The topological polar surface area (TPSA) is 96.1 Å². The lowest BCUT2D eigenvalue weighted by Crippen LogP contribution is -2.48. The summed E-state index contributed by atoms with van der Waals surface area (Å²) in [6.07, 6.45) is 0.278. The van der Waals surface area contributed by atoms with Gasteiger partial charge in [0.15, 0.2) is 0 Å². The smallest absolute Gasteiger partial charge is 0.407 e. The average Bonchev–Trinajstić information content (AvgIpc) is 2.59. The molecule has 7 nitrogen and oxygen atoms in total. The Morgan fingerprint density at radius 2 is 1.96 bits per heavy atom. The van der Waals surface area contributed by atoms with Gasteiger partial charge < -0.3 is 25.4 Å². The van der Waals surface area contributed by atoms with Gasteiger partial charge in [-0.2, -0.15) is 0 Å². The van der Waals surface area contributed by atoms with E-state index < -0.39 is 6.09 Å². The summed E-state index contributed by atoms with van der Waals surface area (Å²) < 4.78 is 4.75. The normalized spacial score (nSPS) is 15.9. The minimum atomic E-state index is -0.883. The van der Waals surface area contributed by atoms with Gasteiger partial charge in [-0.25, -0.2) is 4.79 Å². The average molecular weight is 335 g/mol. The van der Waals surface area contributed by atoms with Crippen LogP contribution in [0.25, 0.3) is 0 Å². The van der Waals surface area contributed by atoms with Crippen LogP contribution in [0.2, 0.25) is 0 Å². The fourth-order valence-electron chi connectivity index (χ4n) is 3.04. The fourth-order valence-corrected chi connectivity index (χ4v) is 3.04. The van der Waals surface area contributed by atoms with E-state index in [1.807, 2.05) is 25.1 Å². The molecule has 0 aliphatic carbocycles. The molecule has 1 heterocycles. The van der Waals surface area contributed by atoms with E-state index in [0.717, 1.165) is 17.7 Å². The zero-order valence-corrected chi connectivity index (χ0v) is 14.2. The second-order valence-electron chi connectivity index (χ2n) is 5.96. The Morgan fingerprint density at radius 3 is 2.46 bits per heavy atom. The number of nitrogen functional groups attached to an aromatic ring is 1. The van der Waals surface area contributed by atoms with E-state index in [1.165, 1.54) is 12.0 Å². The van der Waals surface area contributed by atoms with Crippen LogP contribution in [0.1, 0.15) is 31.2 Å². The number of carboxylic acid groups (broad SMARTS) is 1. The highest BCUT2D eigenvalue weighted by Gasteiger charge is 2.22. The molecular formula is C17H25N3O4. The molecule has 1 aliphatic rings. The summed E-state index contributed by atoms with van der Waals surface area (Å²) in [5, 5.41) is 9.01. The number of methoxy groups -OCH3 is 1. The highest BCUT2D eigenvalue weighted by atomic mass is 16.5. The predicted octanol–water partition coefficient (Wildman–Crippen LogP) is 2.13. The van der Waals surface area contributed by atoms with Crippen molar-refractivity contribution < 1.29 is 19.4 Å². The number of rotatable bonds is 5. The van der Waals surface area contributed by atoms with Crippen LogP contribution in [0.4, 0.5) is 16.2 Å². The van der Waals surface area contributed by atoms with Gasteiger partial charge in [-0.15, -0.1) is 0 Å². The molecule has 1 saturated heterocycles. The minimum Gasteiger partial charge on any atom is -0.469 e. The number of hydrogen-bond acceptors (Lipinski definition) is 5. The SMILES string of the molecule is CCC(CC(=O)OC)c1ccc(N2CCN(C(=O)O)CC2)c(N)c1. The van der Waals surface area contributed by atoms with Crippen LogP contribution in [0, 0.1) is 0 Å². The van der Waals surface area contributed by atoms with Gasteiger partial charge in [-0.1, -0.05) is 13.0 Å². The molecule has 1 fully saturated rings. The Kier molecular flexibility index (Phi) is 5.89. The lowest BCUT2D eigenvalue weighted by molar-refractivity contribution is -0.141. The van der Waals surface area contributed by atoms with Gasteiger partial charge in [0.05, 0.1) is 24.9 Å². The minimum absolute atomic E-state index is 0.0812. The zero-order chi connectivity index (χ0) is 17.7. The number of esters is 1. The molecule has 1 aromatic rings. The molecule has 1 unspecified atom stereocenters. The highest BCUT2D eigenvalue weighted by molar-refractivity contribution is 5.72. The lowest BCUT2D eigenvalue weighted by atomic mass is 9.92. The molecule has 132 valence electrons. The molecule has 0 radical (unpaired) electrons. The highest BCUT2D eigenvalue weighted by Crippen LogP contribution is 2.31. The maximum atomic E-state index is 11.5. The molecular weight excluding hydrogens is 310 g/mol. The van der Waals surface area contributed by atoms with Crippen LogP contribution in [0.15, 0.2) is 18.2 Å². The Bertz CT molecular complexity index is 597. The van der Waals surface area contributed by atoms with Gasteiger partial charge in [0.2, 0.25) is 0 Å². The first kappa shape index (κ1) is 17.9. The standard InChI is InChI=1S/C17H25N3O4/c1-3-12(11-16(21)24-2)13-4-5-15(14(18)10-13)19-6-8-20(9-7-19)17(22)23/h4-5,10,12H,3,6-9,11,18H2,1-2H3,(H,22,23). The van der Waals surface area contributed by atoms with Gasteiger partial charge in [-0.05, 0) is 30.0 Å². The van der Waals surface area contributed by atoms with Crippen LogP contribution in [0.3, 0.4) is 0 Å². The number of nitrogens with zero attached hydrogens (tertiary/aromatic N) is 2. The van der Waals surface area contributed by atoms with E-state index in [9.17, 15) is 9.59 Å². The number of carbonyl (C=O) groups is 2. The van der Waals surface area contributed by atoms with E-state index in [1.54, 1.807) is 0 Å². The molecule has 7 heteroatoms. The first-order chi connectivity index (χ1) is 11.5. The molecule has 0 bridgehead atoms. The van der Waals surface area contributed by atoms with Crippen LogP contribution in [-0.2, 0) is 9.53 Å². The first-order valence-corrected chi connectivity index (χ1v) is 8.15. The van der Waals surface area contributed by atoms with Gasteiger partial charge in [0.25, 0.3) is 0 Å². The number of piperazine rings is 1. The Morgan fingerprint density at radius 1 is 1.29 bits per heavy atom. The molecule has 3 N–H and O–H groups in total. The molecule has 0 aromatic heterocycles. The van der Waals surface area contributed by atoms with Crippen molar-refractivity contribution in [1.29, 1.82) is 0 Å². The van der Waals surface area contributed by atoms with E-state index in [2.05, 4.69) is 4.90 Å². The third-order valence-corrected chi connectivity index (χ3v) is 4.55. The van der Waals surface area contributed by atoms with E-state index >= 15 is 0 Å². The van der Waals surface area contributed by atoms with Gasteiger partial charge in [0, 0.05) is 26.2 Å². The number of amides is 1. The van der Waals surface area contributed by atoms with Crippen molar-refractivity contribution in [3.05, 3.63) is 23.8 Å². The largest absolute Gasteiger partial charge is 0.469 e. The number of nitrogens with two attached hydrogens (primary N) is 1. The Balaban J connectivity index is 2.09. The van der Waals surface area contributed by atoms with Gasteiger partial charge in [0.1, 0.15) is 0 Å². The molecule has 1 aromatic carbocycles. The Labute approximate surface area is 142 Å². The number of anilines is 2. The van der Waals surface area contributed by atoms with E-state index in [4.69, 9.17) is 15.6 Å². The quantitative estimate of drug-likeness (QED) is 0.632.